The molecule has 2 aromatic heterocycles. The molecule has 1 aliphatic carbocycles. The summed E-state index contributed by atoms with van der Waals surface area (Å²) in [6, 6.07) is 3.98. The van der Waals surface area contributed by atoms with Crippen LogP contribution in [0.25, 0.3) is 5.65 Å². The summed E-state index contributed by atoms with van der Waals surface area (Å²) in [6.07, 6.45) is 5.64. The number of aryl methyl sites for hydroxylation is 1. The van der Waals surface area contributed by atoms with Crippen molar-refractivity contribution in [1.29, 1.82) is 0 Å². The zero-order valence-electron chi connectivity index (χ0n) is 10.5. The van der Waals surface area contributed by atoms with Crippen molar-refractivity contribution in [1.82, 2.24) is 14.6 Å². The lowest BCUT2D eigenvalue weighted by Crippen LogP contribution is -2.37. The van der Waals surface area contributed by atoms with E-state index in [9.17, 15) is 5.11 Å². The highest BCUT2D eigenvalue weighted by Crippen LogP contribution is 2.22. The molecule has 96 valence electrons. The number of rotatable bonds is 2. The maximum atomic E-state index is 10.0. The Morgan fingerprint density at radius 3 is 3.06 bits per heavy atom. The van der Waals surface area contributed by atoms with Gasteiger partial charge in [-0.1, -0.05) is 12.8 Å². The molecule has 5 heteroatoms. The van der Waals surface area contributed by atoms with Gasteiger partial charge in [0.15, 0.2) is 5.65 Å². The van der Waals surface area contributed by atoms with Crippen molar-refractivity contribution in [3.63, 3.8) is 0 Å². The monoisotopic (exact) mass is 246 g/mol. The van der Waals surface area contributed by atoms with E-state index in [-0.39, 0.29) is 12.1 Å². The minimum Gasteiger partial charge on any atom is -0.391 e. The topological polar surface area (TPSA) is 62.5 Å². The van der Waals surface area contributed by atoms with E-state index in [1.54, 1.807) is 10.7 Å². The smallest absolute Gasteiger partial charge is 0.157 e. The zero-order chi connectivity index (χ0) is 12.5. The molecule has 0 aromatic carbocycles. The highest BCUT2D eigenvalue weighted by Gasteiger charge is 2.23. The van der Waals surface area contributed by atoms with E-state index in [0.29, 0.717) is 0 Å². The van der Waals surface area contributed by atoms with E-state index < -0.39 is 0 Å². The highest BCUT2D eigenvalue weighted by atomic mass is 16.3. The van der Waals surface area contributed by atoms with E-state index in [1.807, 2.05) is 19.1 Å². The second-order valence-electron chi connectivity index (χ2n) is 4.99. The third-order valence-corrected chi connectivity index (χ3v) is 3.55. The summed E-state index contributed by atoms with van der Waals surface area (Å²) in [5.74, 6) is 0.911. The number of nitrogens with zero attached hydrogens (tertiary/aromatic N) is 3. The summed E-state index contributed by atoms with van der Waals surface area (Å²) in [5.41, 5.74) is 1.79. The molecule has 0 bridgehead atoms. The van der Waals surface area contributed by atoms with Crippen LogP contribution >= 0.6 is 0 Å². The molecular formula is C13H18N4O. The first kappa shape index (κ1) is 11.5. The Hall–Kier alpha value is -1.62. The number of aliphatic hydroxyl groups is 1. The van der Waals surface area contributed by atoms with E-state index in [2.05, 4.69) is 15.4 Å². The van der Waals surface area contributed by atoms with Gasteiger partial charge in [0.2, 0.25) is 0 Å². The van der Waals surface area contributed by atoms with Gasteiger partial charge in [0, 0.05) is 17.8 Å². The summed E-state index contributed by atoms with van der Waals surface area (Å²) in [4.78, 5) is 4.41. The maximum absolute atomic E-state index is 10.0. The van der Waals surface area contributed by atoms with Gasteiger partial charge in [-0.3, -0.25) is 0 Å². The van der Waals surface area contributed by atoms with Gasteiger partial charge in [0.25, 0.3) is 0 Å². The van der Waals surface area contributed by atoms with Crippen LogP contribution in [0.4, 0.5) is 5.82 Å². The minimum atomic E-state index is -0.266. The molecule has 0 amide bonds. The fraction of sp³-hybridized carbons (Fsp3) is 0.538. The first-order chi connectivity index (χ1) is 8.74. The Balaban J connectivity index is 1.91. The van der Waals surface area contributed by atoms with Crippen LogP contribution in [0.1, 0.15) is 31.4 Å². The predicted octanol–water partition coefficient (Wildman–Crippen LogP) is 1.75. The quantitative estimate of drug-likeness (QED) is 0.847. The SMILES string of the molecule is Cc1cc(N[C@@H]2CCCC[C@H]2O)n2nccc2n1. The number of nitrogens with one attached hydrogen (secondary N) is 1. The predicted molar refractivity (Wildman–Crippen MR) is 69.6 cm³/mol. The Labute approximate surface area is 106 Å². The Morgan fingerprint density at radius 2 is 2.22 bits per heavy atom. The number of anilines is 1. The maximum Gasteiger partial charge on any atom is 0.157 e. The van der Waals surface area contributed by atoms with Crippen LogP contribution in [0.2, 0.25) is 0 Å². The molecule has 1 aliphatic rings. The van der Waals surface area contributed by atoms with E-state index in [0.717, 1.165) is 36.4 Å². The molecule has 0 radical (unpaired) electrons. The minimum absolute atomic E-state index is 0.118. The molecule has 1 fully saturated rings. The number of hydrogen-bond acceptors (Lipinski definition) is 4. The second kappa shape index (κ2) is 4.57. The van der Waals surface area contributed by atoms with E-state index in [1.165, 1.54) is 6.42 Å². The third kappa shape index (κ3) is 2.06. The van der Waals surface area contributed by atoms with Gasteiger partial charge in [-0.05, 0) is 19.8 Å². The lowest BCUT2D eigenvalue weighted by atomic mass is 9.92. The third-order valence-electron chi connectivity index (χ3n) is 3.55. The molecule has 0 unspecified atom stereocenters. The Kier molecular flexibility index (Phi) is 2.91. The summed E-state index contributed by atoms with van der Waals surface area (Å²) < 4.78 is 1.79. The average molecular weight is 246 g/mol. The number of aromatic nitrogens is 3. The molecule has 0 spiro atoms. The molecule has 1 saturated carbocycles. The largest absolute Gasteiger partial charge is 0.391 e. The van der Waals surface area contributed by atoms with Crippen molar-refractivity contribution in [2.75, 3.05) is 5.32 Å². The van der Waals surface area contributed by atoms with Crippen LogP contribution in [-0.4, -0.2) is 31.9 Å². The summed E-state index contributed by atoms with van der Waals surface area (Å²) in [5, 5.41) is 17.7. The molecule has 5 nitrogen and oxygen atoms in total. The van der Waals surface area contributed by atoms with Crippen LogP contribution in [0.3, 0.4) is 0 Å². The van der Waals surface area contributed by atoms with Crippen molar-refractivity contribution in [2.24, 2.45) is 0 Å². The van der Waals surface area contributed by atoms with Crippen LogP contribution in [0.5, 0.6) is 0 Å². The molecule has 2 atom stereocenters. The molecule has 2 aromatic rings. The lowest BCUT2D eigenvalue weighted by Gasteiger charge is -2.29. The van der Waals surface area contributed by atoms with Crippen molar-refractivity contribution in [3.8, 4) is 0 Å². The van der Waals surface area contributed by atoms with E-state index in [4.69, 9.17) is 0 Å². The Bertz CT molecular complexity index is 551. The number of fused-ring (bicyclic) bond motifs is 1. The lowest BCUT2D eigenvalue weighted by molar-refractivity contribution is 0.116. The molecule has 0 saturated heterocycles. The summed E-state index contributed by atoms with van der Waals surface area (Å²) in [6.45, 7) is 1.97. The normalized spacial score (nSPS) is 24.3. The van der Waals surface area contributed by atoms with Crippen LogP contribution in [-0.2, 0) is 0 Å². The molecule has 2 heterocycles. The van der Waals surface area contributed by atoms with Crippen molar-refractivity contribution in [3.05, 3.63) is 24.0 Å². The first-order valence-corrected chi connectivity index (χ1v) is 6.50. The standard InChI is InChI=1S/C13H18N4O/c1-9-8-13(17-12(15-9)6-7-14-17)16-10-4-2-3-5-11(10)18/h6-8,10-11,16,18H,2-5H2,1H3/t10-,11-/m1/s1. The van der Waals surface area contributed by atoms with Gasteiger partial charge in [-0.25, -0.2) is 4.98 Å². The van der Waals surface area contributed by atoms with Crippen molar-refractivity contribution < 1.29 is 5.11 Å². The second-order valence-corrected chi connectivity index (χ2v) is 4.99. The Morgan fingerprint density at radius 1 is 1.39 bits per heavy atom. The van der Waals surface area contributed by atoms with Gasteiger partial charge < -0.3 is 10.4 Å². The molecular weight excluding hydrogens is 228 g/mol. The first-order valence-electron chi connectivity index (χ1n) is 6.50. The fourth-order valence-electron chi connectivity index (χ4n) is 2.61. The average Bonchev–Trinajstić information content (AvgIpc) is 2.80. The number of aliphatic hydroxyl groups excluding tert-OH is 1. The van der Waals surface area contributed by atoms with Crippen LogP contribution in [0.15, 0.2) is 18.3 Å². The van der Waals surface area contributed by atoms with Gasteiger partial charge in [0.05, 0.1) is 18.3 Å². The van der Waals surface area contributed by atoms with Gasteiger partial charge in [-0.15, -0.1) is 0 Å². The van der Waals surface area contributed by atoms with Crippen LogP contribution in [0, 0.1) is 6.92 Å². The zero-order valence-corrected chi connectivity index (χ0v) is 10.5. The van der Waals surface area contributed by atoms with Crippen molar-refractivity contribution in [2.45, 2.75) is 44.8 Å². The van der Waals surface area contributed by atoms with Gasteiger partial charge in [0.1, 0.15) is 5.82 Å². The molecule has 3 rings (SSSR count). The molecule has 18 heavy (non-hydrogen) atoms. The fourth-order valence-corrected chi connectivity index (χ4v) is 2.61. The molecule has 2 N–H and O–H groups in total. The summed E-state index contributed by atoms with van der Waals surface area (Å²) >= 11 is 0. The molecule has 0 aliphatic heterocycles. The van der Waals surface area contributed by atoms with Crippen LogP contribution < -0.4 is 5.32 Å². The van der Waals surface area contributed by atoms with Gasteiger partial charge >= 0.3 is 0 Å². The number of hydrogen-bond donors (Lipinski definition) is 2. The van der Waals surface area contributed by atoms with E-state index >= 15 is 0 Å². The summed E-state index contributed by atoms with van der Waals surface area (Å²) in [7, 11) is 0. The van der Waals surface area contributed by atoms with Crippen molar-refractivity contribution >= 4 is 11.5 Å². The highest BCUT2D eigenvalue weighted by molar-refractivity contribution is 5.49. The van der Waals surface area contributed by atoms with Gasteiger partial charge in [-0.2, -0.15) is 9.61 Å².